The molecule has 0 saturated carbocycles. The molecule has 0 rings (SSSR count). The van der Waals surface area contributed by atoms with Crippen LogP contribution in [0.5, 0.6) is 0 Å². The lowest BCUT2D eigenvalue weighted by Crippen LogP contribution is -2.37. The van der Waals surface area contributed by atoms with E-state index in [-0.39, 0.29) is 0 Å². The van der Waals surface area contributed by atoms with E-state index >= 15 is 0 Å². The van der Waals surface area contributed by atoms with Crippen molar-refractivity contribution in [3.05, 3.63) is 12.7 Å². The molecule has 2 heteroatoms. The summed E-state index contributed by atoms with van der Waals surface area (Å²) in [5.74, 6) is 0. The van der Waals surface area contributed by atoms with Crippen molar-refractivity contribution < 1.29 is 4.43 Å². The number of rotatable bonds is 10. The molecule has 0 fully saturated rings. The normalized spacial score (nSPS) is 11.7. The third-order valence-electron chi connectivity index (χ3n) is 2.94. The summed E-state index contributed by atoms with van der Waals surface area (Å²) in [5.41, 5.74) is 0. The minimum Gasteiger partial charge on any atom is -0.417 e. The first-order valence-electron chi connectivity index (χ1n) is 6.49. The summed E-state index contributed by atoms with van der Waals surface area (Å²) in [6.45, 7) is 11.4. The zero-order chi connectivity index (χ0) is 11.6. The van der Waals surface area contributed by atoms with Gasteiger partial charge in [-0.25, -0.2) is 0 Å². The van der Waals surface area contributed by atoms with Gasteiger partial charge in [-0.1, -0.05) is 45.6 Å². The molecule has 0 aliphatic rings. The van der Waals surface area contributed by atoms with E-state index in [0.717, 1.165) is 12.7 Å². The van der Waals surface area contributed by atoms with Crippen molar-refractivity contribution in [2.24, 2.45) is 0 Å². The topological polar surface area (TPSA) is 9.23 Å². The van der Waals surface area contributed by atoms with Gasteiger partial charge in [-0.3, -0.25) is 0 Å². The first-order valence-corrected chi connectivity index (χ1v) is 9.02. The molecule has 0 bridgehead atoms. The van der Waals surface area contributed by atoms with E-state index in [1.54, 1.807) is 0 Å². The van der Waals surface area contributed by atoms with Crippen LogP contribution in [0.3, 0.4) is 0 Å². The van der Waals surface area contributed by atoms with Gasteiger partial charge in [-0.05, 0) is 25.1 Å². The second kappa shape index (κ2) is 9.17. The maximum Gasteiger partial charge on any atom is 0.196 e. The van der Waals surface area contributed by atoms with Crippen LogP contribution in [0.15, 0.2) is 12.7 Å². The lowest BCUT2D eigenvalue weighted by atomic mass is 10.4. The average molecular weight is 228 g/mol. The standard InChI is InChI=1S/C13H28OSi/c1-5-9-12-15(11-7-3,14-8-4)13-10-6-2/h7H,3,5-6,8-13H2,1-2,4H3. The van der Waals surface area contributed by atoms with E-state index in [9.17, 15) is 0 Å². The Morgan fingerprint density at radius 1 is 1.07 bits per heavy atom. The van der Waals surface area contributed by atoms with Gasteiger partial charge in [-0.15, -0.1) is 6.58 Å². The molecule has 0 aromatic carbocycles. The SMILES string of the molecule is C=CC[Si](CCCC)(CCCC)OCC. The molecule has 0 N–H and O–H groups in total. The summed E-state index contributed by atoms with van der Waals surface area (Å²) in [6.07, 6.45) is 7.29. The van der Waals surface area contributed by atoms with E-state index in [2.05, 4.69) is 33.4 Å². The van der Waals surface area contributed by atoms with Gasteiger partial charge >= 0.3 is 0 Å². The van der Waals surface area contributed by atoms with Crippen molar-refractivity contribution in [2.45, 2.75) is 64.6 Å². The smallest absolute Gasteiger partial charge is 0.196 e. The van der Waals surface area contributed by atoms with Crippen LogP contribution in [-0.4, -0.2) is 14.9 Å². The monoisotopic (exact) mass is 228 g/mol. The second-order valence-corrected chi connectivity index (χ2v) is 8.38. The van der Waals surface area contributed by atoms with Crippen LogP contribution in [-0.2, 0) is 4.43 Å². The summed E-state index contributed by atoms with van der Waals surface area (Å²) in [6, 6.07) is 3.79. The van der Waals surface area contributed by atoms with E-state index < -0.39 is 8.32 Å². The third-order valence-corrected chi connectivity index (χ3v) is 7.40. The highest BCUT2D eigenvalue weighted by Crippen LogP contribution is 2.27. The van der Waals surface area contributed by atoms with Crippen molar-refractivity contribution in [3.63, 3.8) is 0 Å². The lowest BCUT2D eigenvalue weighted by molar-refractivity contribution is 0.318. The molecule has 0 aliphatic heterocycles. The highest BCUT2D eigenvalue weighted by atomic mass is 28.4. The lowest BCUT2D eigenvalue weighted by Gasteiger charge is -2.30. The number of hydrogen-bond donors (Lipinski definition) is 0. The Morgan fingerprint density at radius 2 is 1.60 bits per heavy atom. The van der Waals surface area contributed by atoms with Gasteiger partial charge in [0.05, 0.1) is 0 Å². The summed E-state index contributed by atoms with van der Waals surface area (Å²) in [5, 5.41) is 0. The van der Waals surface area contributed by atoms with Gasteiger partial charge in [0.2, 0.25) is 0 Å². The Balaban J connectivity index is 4.32. The van der Waals surface area contributed by atoms with E-state index in [4.69, 9.17) is 4.43 Å². The fourth-order valence-electron chi connectivity index (χ4n) is 2.10. The zero-order valence-corrected chi connectivity index (χ0v) is 11.8. The van der Waals surface area contributed by atoms with Gasteiger partial charge in [0.15, 0.2) is 8.32 Å². The summed E-state index contributed by atoms with van der Waals surface area (Å²) >= 11 is 0. The molecule has 0 radical (unpaired) electrons. The molecule has 1 nitrogen and oxygen atoms in total. The highest BCUT2D eigenvalue weighted by molar-refractivity contribution is 6.74. The predicted octanol–water partition coefficient (Wildman–Crippen LogP) is 4.75. The maximum absolute atomic E-state index is 6.14. The van der Waals surface area contributed by atoms with Crippen molar-refractivity contribution in [3.8, 4) is 0 Å². The molecule has 0 saturated heterocycles. The molecule has 0 amide bonds. The van der Waals surface area contributed by atoms with Crippen LogP contribution in [0.4, 0.5) is 0 Å². The summed E-state index contributed by atoms with van der Waals surface area (Å²) < 4.78 is 6.14. The fourth-order valence-corrected chi connectivity index (χ4v) is 6.30. The Morgan fingerprint density at radius 3 is 1.93 bits per heavy atom. The molecule has 0 aliphatic carbocycles. The molecule has 0 aromatic heterocycles. The Labute approximate surface area is 97.0 Å². The highest BCUT2D eigenvalue weighted by Gasteiger charge is 2.31. The van der Waals surface area contributed by atoms with Crippen LogP contribution in [0.1, 0.15) is 46.5 Å². The second-order valence-electron chi connectivity index (χ2n) is 4.32. The van der Waals surface area contributed by atoms with Crippen molar-refractivity contribution in [2.75, 3.05) is 6.61 Å². The fraction of sp³-hybridized carbons (Fsp3) is 0.846. The minimum atomic E-state index is -1.46. The minimum absolute atomic E-state index is 0.882. The van der Waals surface area contributed by atoms with Gasteiger partial charge < -0.3 is 4.43 Å². The first kappa shape index (κ1) is 14.9. The van der Waals surface area contributed by atoms with Crippen molar-refractivity contribution in [1.82, 2.24) is 0 Å². The third kappa shape index (κ3) is 6.16. The van der Waals surface area contributed by atoms with Crippen molar-refractivity contribution in [1.29, 1.82) is 0 Å². The molecule has 0 heterocycles. The Kier molecular flexibility index (Phi) is 9.11. The molecular weight excluding hydrogens is 200 g/mol. The van der Waals surface area contributed by atoms with E-state index in [1.807, 2.05) is 0 Å². The number of unbranched alkanes of at least 4 members (excludes halogenated alkanes) is 2. The molecule has 90 valence electrons. The van der Waals surface area contributed by atoms with Crippen LogP contribution in [0.25, 0.3) is 0 Å². The van der Waals surface area contributed by atoms with Crippen LogP contribution < -0.4 is 0 Å². The Bertz CT molecular complexity index is 149. The summed E-state index contributed by atoms with van der Waals surface area (Å²) in [4.78, 5) is 0. The average Bonchev–Trinajstić information content (AvgIpc) is 2.24. The molecule has 0 spiro atoms. The number of hydrogen-bond acceptors (Lipinski definition) is 1. The summed E-state index contributed by atoms with van der Waals surface area (Å²) in [7, 11) is -1.46. The van der Waals surface area contributed by atoms with Gasteiger partial charge in [0.25, 0.3) is 0 Å². The quantitative estimate of drug-likeness (QED) is 0.387. The van der Waals surface area contributed by atoms with Gasteiger partial charge in [0.1, 0.15) is 0 Å². The van der Waals surface area contributed by atoms with Gasteiger partial charge in [0, 0.05) is 6.61 Å². The largest absolute Gasteiger partial charge is 0.417 e. The molecule has 15 heavy (non-hydrogen) atoms. The molecular formula is C13H28OSi. The van der Waals surface area contributed by atoms with Crippen LogP contribution >= 0.6 is 0 Å². The van der Waals surface area contributed by atoms with E-state index in [1.165, 1.54) is 37.8 Å². The zero-order valence-electron chi connectivity index (χ0n) is 10.8. The number of allylic oxidation sites excluding steroid dienone is 1. The van der Waals surface area contributed by atoms with Crippen LogP contribution in [0, 0.1) is 0 Å². The predicted molar refractivity (Wildman–Crippen MR) is 71.8 cm³/mol. The first-order chi connectivity index (χ1) is 7.24. The van der Waals surface area contributed by atoms with Crippen molar-refractivity contribution >= 4 is 8.32 Å². The molecule has 0 aromatic rings. The van der Waals surface area contributed by atoms with Gasteiger partial charge in [-0.2, -0.15) is 0 Å². The Hall–Kier alpha value is -0.0831. The molecule has 0 unspecified atom stereocenters. The van der Waals surface area contributed by atoms with Crippen LogP contribution in [0.2, 0.25) is 18.1 Å². The maximum atomic E-state index is 6.14. The van der Waals surface area contributed by atoms with E-state index in [0.29, 0.717) is 0 Å². The molecule has 0 atom stereocenters.